The summed E-state index contributed by atoms with van der Waals surface area (Å²) in [5, 5.41) is 22.0. The molecule has 20 nitrogen and oxygen atoms in total. The van der Waals surface area contributed by atoms with E-state index in [1.807, 2.05) is 60.9 Å². The number of aliphatic hydroxyl groups is 1. The van der Waals surface area contributed by atoms with Gasteiger partial charge in [-0.1, -0.05) is 86.7 Å². The van der Waals surface area contributed by atoms with E-state index in [0.29, 0.717) is 25.0 Å². The summed E-state index contributed by atoms with van der Waals surface area (Å²) in [4.78, 5) is 111. The van der Waals surface area contributed by atoms with Gasteiger partial charge in [0.25, 0.3) is 5.91 Å². The van der Waals surface area contributed by atoms with Crippen LogP contribution in [0.4, 0.5) is 0 Å². The minimum atomic E-state index is -1.16. The monoisotopic (exact) mass is 1010 g/mol. The molecule has 0 bridgehead atoms. The second-order valence-corrected chi connectivity index (χ2v) is 20.1. The summed E-state index contributed by atoms with van der Waals surface area (Å²) in [6, 6.07) is 10.2. The first-order chi connectivity index (χ1) is 34.6. The number of hydrogen-bond donors (Lipinski definition) is 7. The highest BCUT2D eigenvalue weighted by molar-refractivity contribution is 7.98. The van der Waals surface area contributed by atoms with Gasteiger partial charge in [-0.05, 0) is 66.7 Å². The van der Waals surface area contributed by atoms with Crippen LogP contribution in [0.3, 0.4) is 0 Å². The zero-order valence-corrected chi connectivity index (χ0v) is 42.5. The first kappa shape index (κ1) is 54.8. The lowest BCUT2D eigenvalue weighted by atomic mass is 9.84. The quantitative estimate of drug-likeness (QED) is 0.0432. The van der Waals surface area contributed by atoms with Crippen LogP contribution in [-0.2, 0) is 41.7 Å². The number of nitrogens with two attached hydrogens (primary N) is 2. The number of oxazole rings is 1. The number of rotatable bonds is 22. The van der Waals surface area contributed by atoms with Crippen molar-refractivity contribution in [3.05, 3.63) is 89.1 Å². The number of carbonyl (C=O) groups is 7. The van der Waals surface area contributed by atoms with E-state index in [2.05, 4.69) is 31.2 Å². The predicted octanol–water partition coefficient (Wildman–Crippen LogP) is 2.12. The van der Waals surface area contributed by atoms with Crippen molar-refractivity contribution in [1.29, 1.82) is 0 Å². The van der Waals surface area contributed by atoms with Crippen molar-refractivity contribution in [3.63, 3.8) is 0 Å². The van der Waals surface area contributed by atoms with Crippen molar-refractivity contribution in [2.45, 2.75) is 126 Å². The van der Waals surface area contributed by atoms with Gasteiger partial charge in [-0.2, -0.15) is 11.8 Å². The van der Waals surface area contributed by atoms with Gasteiger partial charge in [-0.3, -0.25) is 38.6 Å². The molecule has 72 heavy (non-hydrogen) atoms. The number of benzene rings is 2. The zero-order valence-electron chi connectivity index (χ0n) is 41.7. The molecule has 3 aromatic rings. The van der Waals surface area contributed by atoms with Crippen molar-refractivity contribution in [2.75, 3.05) is 45.8 Å². The summed E-state index contributed by atoms with van der Waals surface area (Å²) >= 11 is 1.48. The minimum absolute atomic E-state index is 0.0137. The third kappa shape index (κ3) is 14.4. The average molecular weight is 1010 g/mol. The molecule has 1 aliphatic carbocycles. The van der Waals surface area contributed by atoms with Crippen LogP contribution in [0.25, 0.3) is 0 Å². The van der Waals surface area contributed by atoms with Crippen molar-refractivity contribution < 1.29 is 43.1 Å². The van der Waals surface area contributed by atoms with Crippen LogP contribution in [0.2, 0.25) is 0 Å². The first-order valence-corrected chi connectivity index (χ1v) is 26.2. The van der Waals surface area contributed by atoms with E-state index in [9.17, 15) is 29.1 Å². The fourth-order valence-corrected chi connectivity index (χ4v) is 10.5. The molecule has 7 atom stereocenters. The highest BCUT2D eigenvalue weighted by atomic mass is 32.2. The lowest BCUT2D eigenvalue weighted by Gasteiger charge is -2.39. The molecule has 1 saturated carbocycles. The maximum atomic E-state index is 15.1. The fourth-order valence-electron chi connectivity index (χ4n) is 10.0. The van der Waals surface area contributed by atoms with Crippen molar-refractivity contribution in [1.82, 2.24) is 41.0 Å². The molecule has 6 rings (SSSR count). The van der Waals surface area contributed by atoms with Gasteiger partial charge in [0.15, 0.2) is 11.7 Å². The molecule has 3 aliphatic rings. The minimum Gasteiger partial charge on any atom is -0.446 e. The lowest BCUT2D eigenvalue weighted by Crippen LogP contribution is -2.61. The average Bonchev–Trinajstić information content (AvgIpc) is 4.06. The van der Waals surface area contributed by atoms with Crippen LogP contribution in [0.1, 0.15) is 116 Å². The molecular formula is C51H71N11O9S. The van der Waals surface area contributed by atoms with Gasteiger partial charge < -0.3 is 57.0 Å². The van der Waals surface area contributed by atoms with Crippen LogP contribution in [0, 0.1) is 5.92 Å². The van der Waals surface area contributed by atoms with Crippen molar-refractivity contribution >= 4 is 59.1 Å². The maximum Gasteiger partial charge on any atom is 0.275 e. The lowest BCUT2D eigenvalue weighted by molar-refractivity contribution is -0.147. The highest BCUT2D eigenvalue weighted by Gasteiger charge is 2.46. The van der Waals surface area contributed by atoms with Gasteiger partial charge in [-0.25, -0.2) is 4.98 Å². The Hall–Kier alpha value is -6.48. The number of nitrogens with zero attached hydrogens (tertiary/aromatic N) is 5. The second-order valence-electron chi connectivity index (χ2n) is 19.1. The summed E-state index contributed by atoms with van der Waals surface area (Å²) in [6.45, 7) is 1.09. The Morgan fingerprint density at radius 1 is 0.847 bits per heavy atom. The molecule has 1 aromatic heterocycles. The molecule has 390 valence electrons. The smallest absolute Gasteiger partial charge is 0.275 e. The number of nitrogens with one attached hydrogen (secondary N) is 4. The molecule has 0 spiro atoms. The van der Waals surface area contributed by atoms with E-state index >= 15 is 9.59 Å². The van der Waals surface area contributed by atoms with E-state index in [1.54, 1.807) is 14.1 Å². The number of hydrogen-bond acceptors (Lipinski definition) is 12. The Morgan fingerprint density at radius 3 is 2.19 bits per heavy atom. The Bertz CT molecular complexity index is 2390. The van der Waals surface area contributed by atoms with Crippen LogP contribution in [-0.4, -0.2) is 148 Å². The van der Waals surface area contributed by atoms with E-state index in [0.717, 1.165) is 55.1 Å². The molecule has 2 aliphatic heterocycles. The van der Waals surface area contributed by atoms with Crippen molar-refractivity contribution in [3.8, 4) is 0 Å². The van der Waals surface area contributed by atoms with Crippen LogP contribution in [0.15, 0.2) is 70.3 Å². The number of likely N-dealkylation sites (tertiary alicyclic amines) is 1. The van der Waals surface area contributed by atoms with Crippen molar-refractivity contribution in [2.24, 2.45) is 22.4 Å². The van der Waals surface area contributed by atoms with E-state index in [4.69, 9.17) is 15.9 Å². The number of thioether (sulfide) groups is 1. The molecule has 3 heterocycles. The van der Waals surface area contributed by atoms with Crippen LogP contribution >= 0.6 is 11.8 Å². The highest BCUT2D eigenvalue weighted by Crippen LogP contribution is 2.35. The van der Waals surface area contributed by atoms with Gasteiger partial charge in [-0.15, -0.1) is 0 Å². The van der Waals surface area contributed by atoms with Gasteiger partial charge in [0.1, 0.15) is 42.5 Å². The normalized spacial score (nSPS) is 19.4. The predicted molar refractivity (Wildman–Crippen MR) is 272 cm³/mol. The molecule has 2 aromatic carbocycles. The summed E-state index contributed by atoms with van der Waals surface area (Å²) < 4.78 is 5.55. The number of aliphatic imine (C=N–C) groups is 1. The maximum absolute atomic E-state index is 15.1. The number of carbonyl (C=O) groups excluding carboxylic acids is 7. The Kier molecular flexibility index (Phi) is 20.0. The number of aromatic nitrogens is 1. The largest absolute Gasteiger partial charge is 0.446 e. The molecule has 0 radical (unpaired) electrons. The molecular weight excluding hydrogens is 943 g/mol. The van der Waals surface area contributed by atoms with Gasteiger partial charge >= 0.3 is 0 Å². The topological polar surface area (TPSA) is 288 Å². The zero-order chi connectivity index (χ0) is 51.9. The van der Waals surface area contributed by atoms with Crippen LogP contribution < -0.4 is 32.7 Å². The van der Waals surface area contributed by atoms with Gasteiger partial charge in [0.2, 0.25) is 41.3 Å². The molecule has 1 saturated heterocycles. The second kappa shape index (κ2) is 26.3. The molecule has 7 amide bonds. The number of fused-ring (bicyclic) bond motifs is 1. The Balaban J connectivity index is 1.28. The fraction of sp³-hybridized carbons (Fsp3) is 0.549. The van der Waals surface area contributed by atoms with E-state index in [-0.39, 0.29) is 68.3 Å². The number of amides is 7. The molecule has 2 fully saturated rings. The van der Waals surface area contributed by atoms with E-state index < -0.39 is 84.2 Å². The Morgan fingerprint density at radius 2 is 1.53 bits per heavy atom. The third-order valence-corrected chi connectivity index (χ3v) is 14.4. The summed E-state index contributed by atoms with van der Waals surface area (Å²) in [7, 11) is 3.11. The summed E-state index contributed by atoms with van der Waals surface area (Å²) in [5.41, 5.74) is 13.7. The number of guanidine groups is 1. The molecule has 21 heteroatoms. The summed E-state index contributed by atoms with van der Waals surface area (Å²) in [5.74, 6) is -3.55. The SMILES string of the molecule is CSCC[C@H](NC(=O)[C@@H]1Cc2ccccc2CN1C(=O)[C@H](CCCN=C(N)N)NC(=O)[C@H](CC1CCCCC1)NC(C)=O)C(=O)N1CC[C@H](c2ccccc2)[C@H]1C(=O)N[C@@H](CO)c1nc(C(=O)N(C)C)co1. The molecule has 0 unspecified atom stereocenters. The Labute approximate surface area is 425 Å². The van der Waals surface area contributed by atoms with Gasteiger partial charge in [0.05, 0.1) is 6.61 Å². The third-order valence-electron chi connectivity index (χ3n) is 13.7. The first-order valence-electron chi connectivity index (χ1n) is 24.8. The van der Waals surface area contributed by atoms with E-state index in [1.165, 1.54) is 33.4 Å². The number of aliphatic hydroxyl groups excluding tert-OH is 1. The van der Waals surface area contributed by atoms with Gasteiger partial charge in [0, 0.05) is 53.0 Å². The summed E-state index contributed by atoms with van der Waals surface area (Å²) in [6.07, 6.45) is 9.63. The van der Waals surface area contributed by atoms with Crippen LogP contribution in [0.5, 0.6) is 0 Å². The molecule has 9 N–H and O–H groups in total. The standard InChI is InChI=1S/C51H71N11O9S/c1-31(64)55-39(26-32-14-7-5-8-15-32)44(65)56-37(20-13-23-54-51(52)53)50(70)62-28-35-19-12-11-18-34(35)27-42(62)45(66)57-38(22-25-72-4)49(69)61-24-21-36(33-16-9-6-10-17-33)43(61)46(67)58-40(29-63)47-59-41(30-71-47)48(68)60(2)3/h6,9-12,16-19,30,32,36-40,42-43,63H,5,7-8,13-15,20-29H2,1-4H3,(H,55,64)(H,56,65)(H,57,66)(H,58,67)(H4,52,53,54)/t36-,37+,38+,39+,40+,42+,43+/m1/s1.